The van der Waals surface area contributed by atoms with E-state index in [1.54, 1.807) is 0 Å². The van der Waals surface area contributed by atoms with Crippen LogP contribution in [0.25, 0.3) is 0 Å². The first kappa shape index (κ1) is 15.3. The summed E-state index contributed by atoms with van der Waals surface area (Å²) in [5.74, 6) is -2.50. The van der Waals surface area contributed by atoms with E-state index in [9.17, 15) is 14.4 Å². The molecule has 0 bridgehead atoms. The molecule has 0 aromatic heterocycles. The van der Waals surface area contributed by atoms with Crippen LogP contribution in [0.3, 0.4) is 0 Å². The third-order valence-electron chi connectivity index (χ3n) is 0.757. The lowest BCUT2D eigenvalue weighted by Crippen LogP contribution is -2.29. The van der Waals surface area contributed by atoms with Crippen LogP contribution < -0.4 is 0 Å². The summed E-state index contributed by atoms with van der Waals surface area (Å²) in [5.41, 5.74) is 0. The Morgan fingerprint density at radius 3 is 1.47 bits per heavy atom. The molecule has 0 unspecified atom stereocenters. The fourth-order valence-electron chi connectivity index (χ4n) is 0.362. The average molecular weight is 252 g/mol. The fraction of sp³-hybridized carbons (Fsp3) is 0.500. The van der Waals surface area contributed by atoms with Crippen molar-refractivity contribution in [3.05, 3.63) is 0 Å². The lowest BCUT2D eigenvalue weighted by Gasteiger charge is -2.08. The summed E-state index contributed by atoms with van der Waals surface area (Å²) in [7, 11) is -1.89. The van der Waals surface area contributed by atoms with Gasteiger partial charge in [0.2, 0.25) is 0 Å². The predicted octanol–water partition coefficient (Wildman–Crippen LogP) is -0.613. The summed E-state index contributed by atoms with van der Waals surface area (Å²) in [4.78, 5) is 55.3. The highest BCUT2D eigenvalue weighted by Crippen LogP contribution is 1.97. The van der Waals surface area contributed by atoms with E-state index in [1.807, 2.05) is 0 Å². The summed E-state index contributed by atoms with van der Waals surface area (Å²) in [5, 5.41) is 3.84. The van der Waals surface area contributed by atoms with E-state index in [0.29, 0.717) is 0 Å². The number of carbonyl (C=O) groups is 3. The maximum Gasteiger partial charge on any atom is 0.747 e. The molecular weight excluding hydrogens is 243 g/mol. The van der Waals surface area contributed by atoms with Gasteiger partial charge in [-0.15, -0.1) is 0 Å². The van der Waals surface area contributed by atoms with Gasteiger partial charge in [0.05, 0.1) is 0 Å². The minimum absolute atomic E-state index is 0.830. The largest absolute Gasteiger partial charge is 0.747 e. The van der Waals surface area contributed by atoms with Crippen LogP contribution in [0.1, 0.15) is 20.8 Å². The first-order valence-corrected chi connectivity index (χ1v) is 4.10. The van der Waals surface area contributed by atoms with Crippen molar-refractivity contribution in [3.63, 3.8) is 0 Å². The van der Waals surface area contributed by atoms with E-state index < -0.39 is 25.2 Å². The molecule has 0 aliphatic heterocycles. The van der Waals surface area contributed by atoms with Crippen molar-refractivity contribution in [1.82, 2.24) is 0 Å². The van der Waals surface area contributed by atoms with E-state index in [0.717, 1.165) is 20.8 Å². The first-order valence-electron chi connectivity index (χ1n) is 4.10. The molecule has 11 heteroatoms. The molecule has 0 amide bonds. The Kier molecular flexibility index (Phi) is 7.63. The average Bonchev–Trinajstić information content (AvgIpc) is 2.20. The lowest BCUT2D eigenvalue weighted by molar-refractivity contribution is -0.464. The standard InChI is InChI=1S/C6H9BO10/c1-4(8)11-14-7(15-12-5(2)9)16-17-13-6(3)10/h1-3H3. The highest BCUT2D eigenvalue weighted by Gasteiger charge is 2.31. The maximum atomic E-state index is 10.4. The normalized spacial score (nSPS) is 9.35. The second kappa shape index (κ2) is 8.46. The molecule has 0 saturated carbocycles. The summed E-state index contributed by atoms with van der Waals surface area (Å²) in [6, 6.07) is 0. The predicted molar refractivity (Wildman–Crippen MR) is 45.4 cm³/mol. The third-order valence-corrected chi connectivity index (χ3v) is 0.757. The van der Waals surface area contributed by atoms with Gasteiger partial charge < -0.3 is 9.78 Å². The van der Waals surface area contributed by atoms with Crippen LogP contribution in [0, 0.1) is 0 Å². The highest BCUT2D eigenvalue weighted by molar-refractivity contribution is 6.35. The van der Waals surface area contributed by atoms with Crippen molar-refractivity contribution >= 4 is 25.2 Å². The molecule has 0 rings (SSSR count). The maximum absolute atomic E-state index is 10.4. The number of hydrogen-bond acceptors (Lipinski definition) is 10. The van der Waals surface area contributed by atoms with Gasteiger partial charge in [-0.25, -0.2) is 14.4 Å². The molecule has 0 atom stereocenters. The van der Waals surface area contributed by atoms with Gasteiger partial charge in [-0.2, -0.15) is 14.4 Å². The molecule has 0 fully saturated rings. The summed E-state index contributed by atoms with van der Waals surface area (Å²) in [6.45, 7) is 3.07. The lowest BCUT2D eigenvalue weighted by atomic mass is 10.3. The minimum Gasteiger partial charge on any atom is -0.309 e. The molecule has 0 saturated heterocycles. The quantitative estimate of drug-likeness (QED) is 0.329. The molecule has 0 aromatic carbocycles. The molecule has 0 heterocycles. The van der Waals surface area contributed by atoms with Crippen LogP contribution in [0.2, 0.25) is 0 Å². The highest BCUT2D eigenvalue weighted by atomic mass is 17.5. The van der Waals surface area contributed by atoms with Gasteiger partial charge in [0.15, 0.2) is 0 Å². The van der Waals surface area contributed by atoms with Gasteiger partial charge in [-0.3, -0.25) is 4.89 Å². The zero-order chi connectivity index (χ0) is 13.3. The Morgan fingerprint density at radius 1 is 0.706 bits per heavy atom. The van der Waals surface area contributed by atoms with Crippen LogP contribution >= 0.6 is 0 Å². The Bertz CT molecular complexity index is 260. The van der Waals surface area contributed by atoms with Gasteiger partial charge >= 0.3 is 25.2 Å². The first-order chi connectivity index (χ1) is 7.91. The Morgan fingerprint density at radius 2 is 1.12 bits per heavy atom. The van der Waals surface area contributed by atoms with Crippen LogP contribution in [0.5, 0.6) is 0 Å². The monoisotopic (exact) mass is 252 g/mol. The van der Waals surface area contributed by atoms with E-state index in [4.69, 9.17) is 0 Å². The van der Waals surface area contributed by atoms with E-state index in [1.165, 1.54) is 0 Å². The number of carbonyl (C=O) groups excluding carboxylic acids is 3. The third kappa shape index (κ3) is 10.6. The van der Waals surface area contributed by atoms with Crippen LogP contribution in [0.4, 0.5) is 0 Å². The SMILES string of the molecule is CC(=O)OOOB(OOC(C)=O)OOC(C)=O. The molecule has 17 heavy (non-hydrogen) atoms. The van der Waals surface area contributed by atoms with Crippen LogP contribution in [-0.2, 0) is 48.5 Å². The molecular formula is C6H9BO10. The van der Waals surface area contributed by atoms with Crippen molar-refractivity contribution in [1.29, 1.82) is 0 Å². The molecule has 10 nitrogen and oxygen atoms in total. The molecule has 0 aromatic rings. The van der Waals surface area contributed by atoms with Crippen molar-refractivity contribution in [2.45, 2.75) is 20.8 Å². The summed E-state index contributed by atoms with van der Waals surface area (Å²) >= 11 is 0. The van der Waals surface area contributed by atoms with Crippen molar-refractivity contribution < 1.29 is 48.5 Å². The Balaban J connectivity index is 3.95. The minimum atomic E-state index is -1.89. The topological polar surface area (TPSA) is 116 Å². The second-order valence-corrected chi connectivity index (χ2v) is 2.37. The van der Waals surface area contributed by atoms with Gasteiger partial charge in [-0.05, 0) is 5.04 Å². The Hall–Kier alpha value is -1.69. The fourth-order valence-corrected chi connectivity index (χ4v) is 0.362. The molecule has 0 radical (unpaired) electrons. The second-order valence-electron chi connectivity index (χ2n) is 2.37. The van der Waals surface area contributed by atoms with Gasteiger partial charge in [0.1, 0.15) is 0 Å². The summed E-state index contributed by atoms with van der Waals surface area (Å²) in [6.07, 6.45) is 0. The van der Waals surface area contributed by atoms with Crippen LogP contribution in [0.15, 0.2) is 0 Å². The summed E-state index contributed by atoms with van der Waals surface area (Å²) < 4.78 is 0. The van der Waals surface area contributed by atoms with E-state index in [2.05, 4.69) is 34.1 Å². The van der Waals surface area contributed by atoms with Gasteiger partial charge in [0.25, 0.3) is 0 Å². The Labute approximate surface area is 95.5 Å². The smallest absolute Gasteiger partial charge is 0.309 e. The number of rotatable bonds is 7. The van der Waals surface area contributed by atoms with Crippen molar-refractivity contribution in [2.75, 3.05) is 0 Å². The van der Waals surface area contributed by atoms with Gasteiger partial charge in [0, 0.05) is 20.8 Å². The zero-order valence-electron chi connectivity index (χ0n) is 9.16. The molecule has 0 aliphatic rings. The van der Waals surface area contributed by atoms with Gasteiger partial charge in [-0.1, -0.05) is 0 Å². The number of hydrogen-bond donors (Lipinski definition) is 0. The zero-order valence-corrected chi connectivity index (χ0v) is 9.16. The van der Waals surface area contributed by atoms with Crippen molar-refractivity contribution in [2.24, 2.45) is 0 Å². The van der Waals surface area contributed by atoms with Crippen molar-refractivity contribution in [3.8, 4) is 0 Å². The molecule has 96 valence electrons. The van der Waals surface area contributed by atoms with Crippen LogP contribution in [-0.4, -0.2) is 25.2 Å². The van der Waals surface area contributed by atoms with E-state index >= 15 is 0 Å². The molecule has 0 N–H and O–H groups in total. The molecule has 0 spiro atoms. The molecule has 0 aliphatic carbocycles. The van der Waals surface area contributed by atoms with E-state index in [-0.39, 0.29) is 0 Å².